The molecule has 3 aromatic rings. The number of hydrogen-bond acceptors (Lipinski definition) is 6. The van der Waals surface area contributed by atoms with Crippen molar-refractivity contribution >= 4 is 27.6 Å². The summed E-state index contributed by atoms with van der Waals surface area (Å²) in [6.45, 7) is 6.07. The van der Waals surface area contributed by atoms with Crippen LogP contribution in [0.5, 0.6) is 17.2 Å². The van der Waals surface area contributed by atoms with Gasteiger partial charge in [0.15, 0.2) is 11.5 Å². The van der Waals surface area contributed by atoms with Crippen LogP contribution < -0.4 is 14.2 Å². The van der Waals surface area contributed by atoms with Gasteiger partial charge in [-0.15, -0.1) is 0 Å². The highest BCUT2D eigenvalue weighted by molar-refractivity contribution is 6.12. The summed E-state index contributed by atoms with van der Waals surface area (Å²) in [6.07, 6.45) is 9.37. The molecule has 1 atom stereocenters. The second kappa shape index (κ2) is 10.7. The van der Waals surface area contributed by atoms with E-state index in [2.05, 4.69) is 34.1 Å². The SMILES string of the molecule is COc1cc2c3c(c4ccc(OC(=O)N5CCC(N6CCCCC6)CC5)cc4c2cc1OC)CC1CCCN1C3. The molecule has 0 aliphatic carbocycles. The Bertz CT molecular complexity index is 1420. The van der Waals surface area contributed by atoms with Crippen LogP contribution in [-0.2, 0) is 13.0 Å². The largest absolute Gasteiger partial charge is 0.493 e. The van der Waals surface area contributed by atoms with Crippen LogP contribution in [0.15, 0.2) is 30.3 Å². The Morgan fingerprint density at radius 1 is 0.700 bits per heavy atom. The second-order valence-electron chi connectivity index (χ2n) is 12.1. The number of carbonyl (C=O) groups excluding carboxylic acids is 1. The highest BCUT2D eigenvalue weighted by Crippen LogP contribution is 2.44. The van der Waals surface area contributed by atoms with Crippen molar-refractivity contribution in [3.8, 4) is 17.2 Å². The van der Waals surface area contributed by atoms with Crippen molar-refractivity contribution in [1.29, 1.82) is 0 Å². The average Bonchev–Trinajstić information content (AvgIpc) is 3.48. The molecular formula is C33H41N3O4. The highest BCUT2D eigenvalue weighted by atomic mass is 16.6. The summed E-state index contributed by atoms with van der Waals surface area (Å²) in [5.41, 5.74) is 2.82. The predicted molar refractivity (Wildman–Crippen MR) is 158 cm³/mol. The maximum Gasteiger partial charge on any atom is 0.415 e. The molecule has 0 saturated carbocycles. The number of likely N-dealkylation sites (tertiary alicyclic amines) is 2. The maximum absolute atomic E-state index is 13.2. The Kier molecular flexibility index (Phi) is 6.96. The van der Waals surface area contributed by atoms with Crippen molar-refractivity contribution in [3.63, 3.8) is 0 Å². The number of rotatable bonds is 4. The Morgan fingerprint density at radius 3 is 2.15 bits per heavy atom. The first-order chi connectivity index (χ1) is 19.6. The van der Waals surface area contributed by atoms with Gasteiger partial charge in [0.25, 0.3) is 0 Å². The van der Waals surface area contributed by atoms with Gasteiger partial charge in [0, 0.05) is 31.7 Å². The van der Waals surface area contributed by atoms with Crippen molar-refractivity contribution in [2.24, 2.45) is 0 Å². The van der Waals surface area contributed by atoms with Crippen molar-refractivity contribution in [2.45, 2.75) is 70.0 Å². The molecule has 3 saturated heterocycles. The van der Waals surface area contributed by atoms with Crippen LogP contribution in [0, 0.1) is 0 Å². The number of piperidine rings is 2. The molecule has 3 fully saturated rings. The number of carbonyl (C=O) groups is 1. The first-order valence-electron chi connectivity index (χ1n) is 15.2. The standard InChI is InChI=1S/C33H41N3O4/c1-38-31-19-28-27-18-24(40-33(37)35-15-10-22(11-16-35)34-12-4-3-5-13-34)8-9-25(27)26-17-23-7-6-14-36(23)21-30(26)29(28)20-32(31)39-2/h8-9,18-20,22-23H,3-7,10-17,21H2,1-2H3. The Hall–Kier alpha value is -3.03. The summed E-state index contributed by atoms with van der Waals surface area (Å²) in [5.74, 6) is 2.06. The van der Waals surface area contributed by atoms with E-state index in [-0.39, 0.29) is 6.09 Å². The maximum atomic E-state index is 13.2. The molecule has 4 heterocycles. The number of methoxy groups -OCH3 is 2. The zero-order valence-electron chi connectivity index (χ0n) is 23.9. The molecule has 3 aromatic carbocycles. The van der Waals surface area contributed by atoms with E-state index < -0.39 is 0 Å². The summed E-state index contributed by atoms with van der Waals surface area (Å²) in [6, 6.07) is 11.6. The van der Waals surface area contributed by atoms with Crippen molar-refractivity contribution < 1.29 is 19.0 Å². The van der Waals surface area contributed by atoms with E-state index in [0.29, 0.717) is 23.6 Å². The molecule has 40 heavy (non-hydrogen) atoms. The number of hydrogen-bond donors (Lipinski definition) is 0. The number of fused-ring (bicyclic) bond motifs is 7. The van der Waals surface area contributed by atoms with Crippen molar-refractivity contribution in [3.05, 3.63) is 41.5 Å². The predicted octanol–water partition coefficient (Wildman–Crippen LogP) is 5.98. The van der Waals surface area contributed by atoms with E-state index in [1.54, 1.807) is 14.2 Å². The van der Waals surface area contributed by atoms with Crippen molar-refractivity contribution in [2.75, 3.05) is 46.9 Å². The zero-order valence-corrected chi connectivity index (χ0v) is 23.9. The van der Waals surface area contributed by atoms with Crippen molar-refractivity contribution in [1.82, 2.24) is 14.7 Å². The van der Waals surface area contributed by atoms with Gasteiger partial charge in [0.2, 0.25) is 0 Å². The van der Waals surface area contributed by atoms with E-state index in [1.807, 2.05) is 11.0 Å². The Morgan fingerprint density at radius 2 is 1.40 bits per heavy atom. The monoisotopic (exact) mass is 543 g/mol. The quantitative estimate of drug-likeness (QED) is 0.378. The van der Waals surface area contributed by atoms with Crippen LogP contribution in [0.3, 0.4) is 0 Å². The highest BCUT2D eigenvalue weighted by Gasteiger charge is 2.33. The second-order valence-corrected chi connectivity index (χ2v) is 12.1. The average molecular weight is 544 g/mol. The minimum atomic E-state index is -0.237. The van der Waals surface area contributed by atoms with Crippen LogP contribution in [0.4, 0.5) is 4.79 Å². The molecule has 0 N–H and O–H groups in total. The van der Waals surface area contributed by atoms with Crippen LogP contribution in [-0.4, -0.2) is 79.8 Å². The minimum absolute atomic E-state index is 0.237. The molecule has 7 rings (SSSR count). The molecule has 212 valence electrons. The van der Waals surface area contributed by atoms with Gasteiger partial charge in [-0.2, -0.15) is 0 Å². The lowest BCUT2D eigenvalue weighted by Crippen LogP contribution is -2.48. The number of amides is 1. The summed E-state index contributed by atoms with van der Waals surface area (Å²) in [4.78, 5) is 20.4. The molecule has 0 bridgehead atoms. The molecule has 4 aliphatic heterocycles. The van der Waals surface area contributed by atoms with E-state index in [0.717, 1.165) is 55.4 Å². The molecule has 1 amide bonds. The van der Waals surface area contributed by atoms with Gasteiger partial charge in [-0.1, -0.05) is 12.5 Å². The topological polar surface area (TPSA) is 54.5 Å². The normalized spacial score (nSPS) is 22.4. The summed E-state index contributed by atoms with van der Waals surface area (Å²) < 4.78 is 17.4. The minimum Gasteiger partial charge on any atom is -0.493 e. The van der Waals surface area contributed by atoms with E-state index >= 15 is 0 Å². The molecule has 0 radical (unpaired) electrons. The van der Waals surface area contributed by atoms with Gasteiger partial charge in [0.05, 0.1) is 14.2 Å². The van der Waals surface area contributed by atoms with Gasteiger partial charge in [-0.3, -0.25) is 4.90 Å². The summed E-state index contributed by atoms with van der Waals surface area (Å²) >= 11 is 0. The van der Waals surface area contributed by atoms with E-state index in [4.69, 9.17) is 14.2 Å². The summed E-state index contributed by atoms with van der Waals surface area (Å²) in [5, 5.41) is 4.68. The number of benzene rings is 3. The fraction of sp³-hybridized carbons (Fsp3) is 0.545. The number of nitrogens with zero attached hydrogens (tertiary/aromatic N) is 3. The molecule has 0 spiro atoms. The van der Waals surface area contributed by atoms with Gasteiger partial charge in [-0.25, -0.2) is 4.79 Å². The molecule has 7 heteroatoms. The fourth-order valence-electron chi connectivity index (χ4n) is 7.80. The van der Waals surface area contributed by atoms with Gasteiger partial charge in [-0.05, 0) is 122 Å². The van der Waals surface area contributed by atoms with E-state index in [9.17, 15) is 4.79 Å². The Labute approximate surface area is 236 Å². The van der Waals surface area contributed by atoms with Crippen LogP contribution in [0.1, 0.15) is 56.1 Å². The van der Waals surface area contributed by atoms with Crippen LogP contribution >= 0.6 is 0 Å². The summed E-state index contributed by atoms with van der Waals surface area (Å²) in [7, 11) is 3.38. The van der Waals surface area contributed by atoms with Crippen LogP contribution in [0.25, 0.3) is 21.5 Å². The first-order valence-corrected chi connectivity index (χ1v) is 15.2. The molecule has 0 aromatic heterocycles. The van der Waals surface area contributed by atoms with Gasteiger partial charge < -0.3 is 24.0 Å². The molecular weight excluding hydrogens is 502 g/mol. The van der Waals surface area contributed by atoms with Gasteiger partial charge >= 0.3 is 6.09 Å². The molecule has 1 unspecified atom stereocenters. The fourth-order valence-corrected chi connectivity index (χ4v) is 7.80. The zero-order chi connectivity index (χ0) is 27.2. The lowest BCUT2D eigenvalue weighted by Gasteiger charge is -2.39. The third-order valence-electron chi connectivity index (χ3n) is 9.95. The third-order valence-corrected chi connectivity index (χ3v) is 9.95. The third kappa shape index (κ3) is 4.57. The van der Waals surface area contributed by atoms with Gasteiger partial charge in [0.1, 0.15) is 5.75 Å². The Balaban J connectivity index is 1.19. The van der Waals surface area contributed by atoms with E-state index in [1.165, 1.54) is 73.6 Å². The van der Waals surface area contributed by atoms with Crippen LogP contribution in [0.2, 0.25) is 0 Å². The lowest BCUT2D eigenvalue weighted by atomic mass is 9.85. The first kappa shape index (κ1) is 25.9. The molecule has 7 nitrogen and oxygen atoms in total. The number of ether oxygens (including phenoxy) is 3. The lowest BCUT2D eigenvalue weighted by molar-refractivity contribution is 0.0878. The molecule has 4 aliphatic rings. The smallest absolute Gasteiger partial charge is 0.415 e.